The van der Waals surface area contributed by atoms with Gasteiger partial charge in [-0.15, -0.1) is 0 Å². The Balaban J connectivity index is -0.00000200. The molecule has 0 bridgehead atoms. The Morgan fingerprint density at radius 3 is 1.48 bits per heavy atom. The normalized spacial score (nSPS) is 15.9. The van der Waals surface area contributed by atoms with Crippen LogP contribution in [0.15, 0.2) is 0 Å². The third kappa shape index (κ3) is 17.5. The minimum atomic E-state index is -4.14. The van der Waals surface area contributed by atoms with E-state index in [9.17, 15) is 9.46 Å². The minimum absolute atomic E-state index is 0. The first kappa shape index (κ1) is 30.1. The summed E-state index contributed by atoms with van der Waals surface area (Å²) in [7, 11) is -4.14. The molecule has 0 aliphatic rings. The summed E-state index contributed by atoms with van der Waals surface area (Å²) in [5, 5.41) is 0. The third-order valence-electron chi connectivity index (χ3n) is 4.02. The van der Waals surface area contributed by atoms with Gasteiger partial charge in [-0.3, -0.25) is 4.57 Å². The van der Waals surface area contributed by atoms with E-state index in [2.05, 4.69) is 27.7 Å². The number of hydrogen-bond acceptors (Lipinski definition) is 4. The average molecular weight is 426 g/mol. The van der Waals surface area contributed by atoms with Crippen molar-refractivity contribution in [1.82, 2.24) is 0 Å². The zero-order valence-corrected chi connectivity index (χ0v) is 23.0. The van der Waals surface area contributed by atoms with Crippen molar-refractivity contribution in [2.24, 2.45) is 11.8 Å². The molecule has 0 saturated carbocycles. The standard InChI is InChI=1S/C16H35O4P.K.Zn/c1-5-9-11-15(7-3)13-19-21(17,18)20-14-16(8-4)12-10-6-2;;/h15-16H,5-14H2,1-4H3,(H,17,18);;/q;+1;+2/p-1. The van der Waals surface area contributed by atoms with Gasteiger partial charge in [0.25, 0.3) is 7.82 Å². The van der Waals surface area contributed by atoms with Crippen LogP contribution in [-0.4, -0.2) is 13.2 Å². The van der Waals surface area contributed by atoms with E-state index >= 15 is 0 Å². The maximum absolute atomic E-state index is 11.8. The van der Waals surface area contributed by atoms with Gasteiger partial charge in [0.2, 0.25) is 0 Å². The fraction of sp³-hybridized carbons (Fsp3) is 1.00. The predicted molar refractivity (Wildman–Crippen MR) is 86.1 cm³/mol. The number of phosphoric ester groups is 1. The molecule has 7 heteroatoms. The van der Waals surface area contributed by atoms with Gasteiger partial charge in [0.1, 0.15) is 0 Å². The average Bonchev–Trinajstić information content (AvgIpc) is 2.47. The van der Waals surface area contributed by atoms with E-state index in [-0.39, 0.29) is 84.1 Å². The Bertz CT molecular complexity index is 271. The zero-order valence-electron chi connectivity index (χ0n) is 16.0. The van der Waals surface area contributed by atoms with Gasteiger partial charge in [-0.2, -0.15) is 0 Å². The van der Waals surface area contributed by atoms with E-state index in [4.69, 9.17) is 9.05 Å². The summed E-state index contributed by atoms with van der Waals surface area (Å²) in [5.74, 6) is 0.607. The quantitative estimate of drug-likeness (QED) is 0.315. The van der Waals surface area contributed by atoms with Gasteiger partial charge in [0, 0.05) is 0 Å². The van der Waals surface area contributed by atoms with Gasteiger partial charge in [0.15, 0.2) is 0 Å². The number of unbranched alkanes of at least 4 members (excludes halogenated alkanes) is 2. The van der Waals surface area contributed by atoms with Crippen LogP contribution < -0.4 is 56.3 Å². The summed E-state index contributed by atoms with van der Waals surface area (Å²) < 4.78 is 21.9. The van der Waals surface area contributed by atoms with Crippen LogP contribution in [-0.2, 0) is 33.1 Å². The van der Waals surface area contributed by atoms with Crippen molar-refractivity contribution in [2.45, 2.75) is 79.1 Å². The van der Waals surface area contributed by atoms with Crippen molar-refractivity contribution < 1.29 is 89.4 Å². The first-order chi connectivity index (χ1) is 9.99. The summed E-state index contributed by atoms with van der Waals surface area (Å²) in [6, 6.07) is 0. The van der Waals surface area contributed by atoms with Crippen LogP contribution >= 0.6 is 7.82 Å². The fourth-order valence-electron chi connectivity index (χ4n) is 2.23. The molecule has 0 amide bonds. The van der Waals surface area contributed by atoms with Crippen LogP contribution in [0, 0.1) is 11.8 Å². The van der Waals surface area contributed by atoms with Gasteiger partial charge in [-0.05, 0) is 24.7 Å². The van der Waals surface area contributed by atoms with Crippen molar-refractivity contribution in [3.8, 4) is 0 Å². The molecule has 0 N–H and O–H groups in total. The molecule has 0 spiro atoms. The van der Waals surface area contributed by atoms with Crippen molar-refractivity contribution in [1.29, 1.82) is 0 Å². The number of hydrogen-bond donors (Lipinski definition) is 0. The molecule has 0 fully saturated rings. The van der Waals surface area contributed by atoms with Crippen LogP contribution in [0.3, 0.4) is 0 Å². The molecular weight excluding hydrogens is 392 g/mol. The van der Waals surface area contributed by atoms with Gasteiger partial charge in [-0.1, -0.05) is 66.2 Å². The maximum atomic E-state index is 11.8. The molecule has 0 saturated heterocycles. The van der Waals surface area contributed by atoms with Crippen LogP contribution in [0.2, 0.25) is 0 Å². The number of phosphoric acid groups is 1. The summed E-state index contributed by atoms with van der Waals surface area (Å²) in [6.07, 6.45) is 8.38. The monoisotopic (exact) mass is 424 g/mol. The molecule has 0 aliphatic heterocycles. The topological polar surface area (TPSA) is 58.6 Å². The van der Waals surface area contributed by atoms with E-state index in [1.54, 1.807) is 0 Å². The maximum Gasteiger partial charge on any atom is 2.00 e. The molecule has 0 aliphatic carbocycles. The molecule has 0 radical (unpaired) electrons. The molecule has 0 aromatic carbocycles. The van der Waals surface area contributed by atoms with E-state index in [0.717, 1.165) is 51.4 Å². The predicted octanol–water partition coefficient (Wildman–Crippen LogP) is 1.92. The molecule has 128 valence electrons. The third-order valence-corrected chi connectivity index (χ3v) is 4.95. The molecule has 0 rings (SSSR count). The van der Waals surface area contributed by atoms with Crippen LogP contribution in [0.5, 0.6) is 0 Å². The number of rotatable bonds is 14. The second-order valence-corrected chi connectivity index (χ2v) is 7.28. The van der Waals surface area contributed by atoms with Crippen molar-refractivity contribution in [3.05, 3.63) is 0 Å². The molecule has 4 nitrogen and oxygen atoms in total. The second kappa shape index (κ2) is 19.1. The SMILES string of the molecule is CCCCC(CC)COP(=O)([O-])OCC(CC)CCCC.[K+].[Zn+2]. The Labute approximate surface area is 199 Å². The van der Waals surface area contributed by atoms with Gasteiger partial charge in [0.05, 0.1) is 13.2 Å². The van der Waals surface area contributed by atoms with E-state index < -0.39 is 7.82 Å². The molecule has 2 atom stereocenters. The van der Waals surface area contributed by atoms with E-state index in [0.29, 0.717) is 11.8 Å². The molecule has 0 aromatic heterocycles. The molecule has 0 heterocycles. The van der Waals surface area contributed by atoms with Crippen molar-refractivity contribution in [3.63, 3.8) is 0 Å². The Morgan fingerprint density at radius 2 is 1.22 bits per heavy atom. The fourth-order valence-corrected chi connectivity index (χ4v) is 3.09. The summed E-state index contributed by atoms with van der Waals surface area (Å²) in [5.41, 5.74) is 0. The summed E-state index contributed by atoms with van der Waals surface area (Å²) in [4.78, 5) is 11.8. The Morgan fingerprint density at radius 1 is 0.870 bits per heavy atom. The van der Waals surface area contributed by atoms with Crippen LogP contribution in [0.25, 0.3) is 0 Å². The van der Waals surface area contributed by atoms with Crippen molar-refractivity contribution >= 4 is 7.82 Å². The van der Waals surface area contributed by atoms with Crippen LogP contribution in [0.4, 0.5) is 0 Å². The van der Waals surface area contributed by atoms with E-state index in [1.165, 1.54) is 0 Å². The van der Waals surface area contributed by atoms with Gasteiger partial charge >= 0.3 is 70.9 Å². The Kier molecular flexibility index (Phi) is 25.1. The first-order valence-corrected chi connectivity index (χ1v) is 10.0. The van der Waals surface area contributed by atoms with E-state index in [1.807, 2.05) is 0 Å². The molecule has 2 unspecified atom stereocenters. The molecule has 23 heavy (non-hydrogen) atoms. The summed E-state index contributed by atoms with van der Waals surface area (Å²) in [6.45, 7) is 8.91. The zero-order chi connectivity index (χ0) is 16.1. The first-order valence-electron chi connectivity index (χ1n) is 8.59. The van der Waals surface area contributed by atoms with Crippen molar-refractivity contribution in [2.75, 3.05) is 13.2 Å². The molecular formula is C16H34KO4PZn+2. The van der Waals surface area contributed by atoms with Gasteiger partial charge in [-0.25, -0.2) is 0 Å². The minimum Gasteiger partial charge on any atom is -0.756 e. The van der Waals surface area contributed by atoms with Crippen LogP contribution in [0.1, 0.15) is 79.1 Å². The second-order valence-electron chi connectivity index (χ2n) is 5.87. The largest absolute Gasteiger partial charge is 2.00 e. The molecule has 0 aromatic rings. The Hall–Kier alpha value is 2.37. The van der Waals surface area contributed by atoms with Gasteiger partial charge < -0.3 is 13.9 Å². The smallest absolute Gasteiger partial charge is 0.756 e. The summed E-state index contributed by atoms with van der Waals surface area (Å²) >= 11 is 0.